The Balaban J connectivity index is 1.89. The van der Waals surface area contributed by atoms with Gasteiger partial charge in [-0.1, -0.05) is 41.4 Å². The highest BCUT2D eigenvalue weighted by molar-refractivity contribution is 6.30. The van der Waals surface area contributed by atoms with Crippen LogP contribution in [-0.4, -0.2) is 18.5 Å². The van der Waals surface area contributed by atoms with Crippen LogP contribution in [0.4, 0.5) is 4.39 Å². The van der Waals surface area contributed by atoms with Crippen LogP contribution in [0.1, 0.15) is 34.5 Å². The Kier molecular flexibility index (Phi) is 5.93. The zero-order valence-corrected chi connectivity index (χ0v) is 14.1. The molecule has 0 fully saturated rings. The Morgan fingerprint density at radius 3 is 2.54 bits per heavy atom. The van der Waals surface area contributed by atoms with Crippen LogP contribution in [0.3, 0.4) is 0 Å². The molecular weight excluding hydrogens is 333 g/mol. The van der Waals surface area contributed by atoms with Gasteiger partial charge in [0.15, 0.2) is 6.61 Å². The van der Waals surface area contributed by atoms with E-state index in [1.807, 2.05) is 38.1 Å². The minimum Gasteiger partial charge on any atom is -0.452 e. The number of carbonyl (C=O) groups excluding carboxylic acids is 2. The number of hydrogen-bond donors (Lipinski definition) is 1. The molecule has 1 atom stereocenters. The van der Waals surface area contributed by atoms with E-state index < -0.39 is 24.3 Å². The molecule has 0 unspecified atom stereocenters. The lowest BCUT2D eigenvalue weighted by atomic mass is 10.1. The maximum absolute atomic E-state index is 13.5. The van der Waals surface area contributed by atoms with E-state index in [-0.39, 0.29) is 16.6 Å². The van der Waals surface area contributed by atoms with Gasteiger partial charge >= 0.3 is 5.97 Å². The molecule has 2 aromatic rings. The van der Waals surface area contributed by atoms with Crippen molar-refractivity contribution in [2.45, 2.75) is 19.9 Å². The van der Waals surface area contributed by atoms with Gasteiger partial charge in [0, 0.05) is 5.02 Å². The maximum atomic E-state index is 13.5. The van der Waals surface area contributed by atoms with E-state index in [1.54, 1.807) is 0 Å². The molecule has 0 saturated heterocycles. The Morgan fingerprint density at radius 1 is 1.21 bits per heavy atom. The molecular formula is C18H17ClFNO3. The first-order chi connectivity index (χ1) is 11.4. The fraction of sp³-hybridized carbons (Fsp3) is 0.222. The van der Waals surface area contributed by atoms with Gasteiger partial charge in [-0.15, -0.1) is 0 Å². The van der Waals surface area contributed by atoms with E-state index in [1.165, 1.54) is 6.07 Å². The van der Waals surface area contributed by atoms with Crippen LogP contribution < -0.4 is 5.32 Å². The van der Waals surface area contributed by atoms with Gasteiger partial charge in [-0.3, -0.25) is 4.79 Å². The fourth-order valence-corrected chi connectivity index (χ4v) is 2.26. The number of carbonyl (C=O) groups is 2. The van der Waals surface area contributed by atoms with Crippen molar-refractivity contribution >= 4 is 23.5 Å². The van der Waals surface area contributed by atoms with E-state index in [0.29, 0.717) is 0 Å². The molecule has 0 aliphatic rings. The van der Waals surface area contributed by atoms with E-state index >= 15 is 0 Å². The molecule has 0 aliphatic heterocycles. The number of ether oxygens (including phenoxy) is 1. The molecule has 1 amide bonds. The molecule has 126 valence electrons. The lowest BCUT2D eigenvalue weighted by Gasteiger charge is -2.14. The lowest BCUT2D eigenvalue weighted by Crippen LogP contribution is -2.31. The Bertz CT molecular complexity index is 746. The second kappa shape index (κ2) is 7.93. The molecule has 2 rings (SSSR count). The Morgan fingerprint density at radius 2 is 1.88 bits per heavy atom. The predicted octanol–water partition coefficient (Wildman–Crippen LogP) is 3.82. The molecule has 4 nitrogen and oxygen atoms in total. The summed E-state index contributed by atoms with van der Waals surface area (Å²) in [5.41, 5.74) is 1.75. The van der Waals surface area contributed by atoms with Crippen molar-refractivity contribution in [3.63, 3.8) is 0 Å². The van der Waals surface area contributed by atoms with Crippen LogP contribution >= 0.6 is 11.6 Å². The molecule has 0 heterocycles. The molecule has 6 heteroatoms. The third-order valence-electron chi connectivity index (χ3n) is 3.44. The largest absolute Gasteiger partial charge is 0.452 e. The summed E-state index contributed by atoms with van der Waals surface area (Å²) in [5.74, 6) is -2.16. The Labute approximate surface area is 144 Å². The highest BCUT2D eigenvalue weighted by Crippen LogP contribution is 2.16. The zero-order chi connectivity index (χ0) is 17.7. The van der Waals surface area contributed by atoms with Gasteiger partial charge in [-0.2, -0.15) is 0 Å². The number of halogens is 2. The minimum absolute atomic E-state index is 0.209. The Hall–Kier alpha value is -2.40. The molecule has 2 aromatic carbocycles. The second-order valence-corrected chi connectivity index (χ2v) is 5.84. The first-order valence-electron chi connectivity index (χ1n) is 7.35. The van der Waals surface area contributed by atoms with Crippen molar-refractivity contribution in [3.05, 3.63) is 70.0 Å². The summed E-state index contributed by atoms with van der Waals surface area (Å²) in [5, 5.41) is 2.92. The van der Waals surface area contributed by atoms with Crippen LogP contribution in [0.15, 0.2) is 42.5 Å². The zero-order valence-electron chi connectivity index (χ0n) is 13.3. The summed E-state index contributed by atoms with van der Waals surface area (Å²) < 4.78 is 18.4. The summed E-state index contributed by atoms with van der Waals surface area (Å²) >= 11 is 5.72. The molecule has 0 aromatic heterocycles. The van der Waals surface area contributed by atoms with Gasteiger partial charge in [0.25, 0.3) is 5.91 Å². The van der Waals surface area contributed by atoms with Crippen LogP contribution in [0.25, 0.3) is 0 Å². The molecule has 1 N–H and O–H groups in total. The van der Waals surface area contributed by atoms with Crippen LogP contribution in [0, 0.1) is 12.7 Å². The van der Waals surface area contributed by atoms with E-state index in [9.17, 15) is 14.0 Å². The van der Waals surface area contributed by atoms with Crippen LogP contribution in [0.5, 0.6) is 0 Å². The molecule has 0 radical (unpaired) electrons. The monoisotopic (exact) mass is 349 g/mol. The van der Waals surface area contributed by atoms with Gasteiger partial charge < -0.3 is 10.1 Å². The number of aryl methyl sites for hydroxylation is 1. The molecule has 0 aliphatic carbocycles. The van der Waals surface area contributed by atoms with Crippen molar-refractivity contribution < 1.29 is 18.7 Å². The molecule has 0 bridgehead atoms. The van der Waals surface area contributed by atoms with Gasteiger partial charge in [0.2, 0.25) is 0 Å². The van der Waals surface area contributed by atoms with Crippen molar-refractivity contribution in [2.24, 2.45) is 0 Å². The smallest absolute Gasteiger partial charge is 0.341 e. The van der Waals surface area contributed by atoms with E-state index in [4.69, 9.17) is 16.3 Å². The molecule has 0 spiro atoms. The van der Waals surface area contributed by atoms with Gasteiger partial charge in [-0.05, 0) is 37.6 Å². The number of hydrogen-bond acceptors (Lipinski definition) is 3. The molecule has 0 saturated carbocycles. The van der Waals surface area contributed by atoms with Crippen molar-refractivity contribution in [1.29, 1.82) is 0 Å². The number of rotatable bonds is 5. The van der Waals surface area contributed by atoms with Crippen molar-refractivity contribution in [3.8, 4) is 0 Å². The first kappa shape index (κ1) is 17.9. The first-order valence-corrected chi connectivity index (χ1v) is 7.72. The second-order valence-electron chi connectivity index (χ2n) is 5.40. The van der Waals surface area contributed by atoms with E-state index in [0.717, 1.165) is 23.3 Å². The topological polar surface area (TPSA) is 55.4 Å². The summed E-state index contributed by atoms with van der Waals surface area (Å²) in [6, 6.07) is 11.0. The summed E-state index contributed by atoms with van der Waals surface area (Å²) in [7, 11) is 0. The number of nitrogens with one attached hydrogen (secondary N) is 1. The quantitative estimate of drug-likeness (QED) is 0.835. The van der Waals surface area contributed by atoms with Crippen molar-refractivity contribution in [1.82, 2.24) is 5.32 Å². The summed E-state index contributed by atoms with van der Waals surface area (Å²) in [6.07, 6.45) is 0. The third kappa shape index (κ3) is 4.80. The normalized spacial score (nSPS) is 11.7. The summed E-state index contributed by atoms with van der Waals surface area (Å²) in [4.78, 5) is 23.7. The van der Waals surface area contributed by atoms with Gasteiger partial charge in [0.05, 0.1) is 11.6 Å². The summed E-state index contributed by atoms with van der Waals surface area (Å²) in [6.45, 7) is 3.30. The SMILES string of the molecule is Cc1ccc([C@@H](C)NC(=O)COC(=O)c2cc(Cl)ccc2F)cc1. The van der Waals surface area contributed by atoms with Crippen LogP contribution in [-0.2, 0) is 9.53 Å². The van der Waals surface area contributed by atoms with Gasteiger partial charge in [-0.25, -0.2) is 9.18 Å². The van der Waals surface area contributed by atoms with E-state index in [2.05, 4.69) is 5.32 Å². The number of benzene rings is 2. The number of amides is 1. The highest BCUT2D eigenvalue weighted by atomic mass is 35.5. The predicted molar refractivity (Wildman–Crippen MR) is 89.4 cm³/mol. The molecule has 24 heavy (non-hydrogen) atoms. The minimum atomic E-state index is -0.937. The van der Waals surface area contributed by atoms with Crippen molar-refractivity contribution in [2.75, 3.05) is 6.61 Å². The highest BCUT2D eigenvalue weighted by Gasteiger charge is 2.16. The standard InChI is InChI=1S/C18H17ClFNO3/c1-11-3-5-13(6-4-11)12(2)21-17(22)10-24-18(23)15-9-14(19)7-8-16(15)20/h3-9,12H,10H2,1-2H3,(H,21,22)/t12-/m1/s1. The van der Waals surface area contributed by atoms with Crippen LogP contribution in [0.2, 0.25) is 5.02 Å². The maximum Gasteiger partial charge on any atom is 0.341 e. The fourth-order valence-electron chi connectivity index (χ4n) is 2.08. The lowest BCUT2D eigenvalue weighted by molar-refractivity contribution is -0.124. The average molecular weight is 350 g/mol. The van der Waals surface area contributed by atoms with Gasteiger partial charge in [0.1, 0.15) is 5.82 Å². The average Bonchev–Trinajstić information content (AvgIpc) is 2.55. The number of esters is 1. The third-order valence-corrected chi connectivity index (χ3v) is 3.67.